The van der Waals surface area contributed by atoms with Crippen molar-refractivity contribution in [3.63, 3.8) is 0 Å². The molecule has 0 aliphatic heterocycles. The number of thiophene rings is 1. The molecule has 0 fully saturated rings. The lowest BCUT2D eigenvalue weighted by Crippen LogP contribution is -2.21. The van der Waals surface area contributed by atoms with Crippen LogP contribution in [0, 0.1) is 12.7 Å². The van der Waals surface area contributed by atoms with Crippen LogP contribution in [0.4, 0.5) is 4.39 Å². The summed E-state index contributed by atoms with van der Waals surface area (Å²) in [6, 6.07) is 7.27. The van der Waals surface area contributed by atoms with Gasteiger partial charge in [-0.25, -0.2) is 4.39 Å². The zero-order valence-electron chi connectivity index (χ0n) is 9.31. The third kappa shape index (κ3) is 2.43. The Morgan fingerprint density at radius 3 is 2.82 bits per heavy atom. The second-order valence-corrected chi connectivity index (χ2v) is 4.82. The van der Waals surface area contributed by atoms with E-state index in [4.69, 9.17) is 5.73 Å². The molecule has 1 unspecified atom stereocenters. The van der Waals surface area contributed by atoms with Gasteiger partial charge in [-0.15, -0.1) is 11.3 Å². The molecule has 1 heterocycles. The van der Waals surface area contributed by atoms with Gasteiger partial charge in [0.15, 0.2) is 5.78 Å². The summed E-state index contributed by atoms with van der Waals surface area (Å²) in [5.74, 6) is -0.902. The number of ketones is 1. The summed E-state index contributed by atoms with van der Waals surface area (Å²) >= 11 is 1.40. The standard InChI is InChI=1S/C13H12FNOS/c1-8-4-5-10(14)9(7-8)13(16)12(15)11-3-2-6-17-11/h2-7,12H,15H2,1H3. The number of hydrogen-bond acceptors (Lipinski definition) is 3. The van der Waals surface area contributed by atoms with Gasteiger partial charge in [-0.1, -0.05) is 17.7 Å². The SMILES string of the molecule is Cc1ccc(F)c(C(=O)C(N)c2cccs2)c1. The van der Waals surface area contributed by atoms with E-state index in [2.05, 4.69) is 0 Å². The van der Waals surface area contributed by atoms with Gasteiger partial charge < -0.3 is 5.73 Å². The summed E-state index contributed by atoms with van der Waals surface area (Å²) in [6.45, 7) is 1.81. The number of nitrogens with two attached hydrogens (primary N) is 1. The van der Waals surface area contributed by atoms with Gasteiger partial charge in [0.25, 0.3) is 0 Å². The van der Waals surface area contributed by atoms with Crippen LogP contribution in [0.3, 0.4) is 0 Å². The Hall–Kier alpha value is -1.52. The van der Waals surface area contributed by atoms with E-state index < -0.39 is 11.9 Å². The average Bonchev–Trinajstić information content (AvgIpc) is 2.84. The molecule has 0 aliphatic carbocycles. The number of halogens is 1. The Bertz CT molecular complexity index is 536. The third-order valence-electron chi connectivity index (χ3n) is 2.52. The molecule has 0 aliphatic rings. The van der Waals surface area contributed by atoms with Crippen molar-refractivity contribution in [2.45, 2.75) is 13.0 Å². The van der Waals surface area contributed by atoms with E-state index in [0.717, 1.165) is 10.4 Å². The third-order valence-corrected chi connectivity index (χ3v) is 3.47. The van der Waals surface area contributed by atoms with Crippen molar-refractivity contribution in [3.8, 4) is 0 Å². The van der Waals surface area contributed by atoms with E-state index in [1.54, 1.807) is 12.1 Å². The van der Waals surface area contributed by atoms with Gasteiger partial charge in [0.05, 0.1) is 5.56 Å². The van der Waals surface area contributed by atoms with Crippen molar-refractivity contribution >= 4 is 17.1 Å². The molecule has 2 nitrogen and oxygen atoms in total. The fourth-order valence-corrected chi connectivity index (χ4v) is 2.32. The molecule has 1 aromatic heterocycles. The molecule has 2 aromatic rings. The van der Waals surface area contributed by atoms with Crippen molar-refractivity contribution in [2.75, 3.05) is 0 Å². The topological polar surface area (TPSA) is 43.1 Å². The highest BCUT2D eigenvalue weighted by Crippen LogP contribution is 2.22. The first-order valence-corrected chi connectivity index (χ1v) is 6.07. The predicted molar refractivity (Wildman–Crippen MR) is 66.7 cm³/mol. The highest BCUT2D eigenvalue weighted by molar-refractivity contribution is 7.10. The number of aryl methyl sites for hydroxylation is 1. The second-order valence-electron chi connectivity index (χ2n) is 3.84. The molecule has 1 aromatic carbocycles. The number of rotatable bonds is 3. The summed E-state index contributed by atoms with van der Waals surface area (Å²) in [7, 11) is 0. The summed E-state index contributed by atoms with van der Waals surface area (Å²) < 4.78 is 13.5. The highest BCUT2D eigenvalue weighted by atomic mass is 32.1. The van der Waals surface area contributed by atoms with Crippen molar-refractivity contribution in [2.24, 2.45) is 5.73 Å². The summed E-state index contributed by atoms with van der Waals surface area (Å²) in [4.78, 5) is 12.8. The molecule has 0 bridgehead atoms. The Labute approximate surface area is 103 Å². The minimum atomic E-state index is -0.786. The largest absolute Gasteiger partial charge is 0.317 e. The summed E-state index contributed by atoms with van der Waals surface area (Å²) in [6.07, 6.45) is 0. The molecule has 17 heavy (non-hydrogen) atoms. The molecule has 2 rings (SSSR count). The number of benzene rings is 1. The smallest absolute Gasteiger partial charge is 0.187 e. The van der Waals surface area contributed by atoms with Crippen LogP contribution in [0.1, 0.15) is 26.8 Å². The lowest BCUT2D eigenvalue weighted by molar-refractivity contribution is 0.0958. The fourth-order valence-electron chi connectivity index (χ4n) is 1.59. The van der Waals surface area contributed by atoms with E-state index >= 15 is 0 Å². The lowest BCUT2D eigenvalue weighted by atomic mass is 10.0. The molecule has 0 saturated carbocycles. The van der Waals surface area contributed by atoms with Gasteiger partial charge in [0, 0.05) is 4.88 Å². The number of carbonyl (C=O) groups is 1. The zero-order valence-corrected chi connectivity index (χ0v) is 10.1. The van der Waals surface area contributed by atoms with Gasteiger partial charge in [-0.2, -0.15) is 0 Å². The van der Waals surface area contributed by atoms with E-state index in [-0.39, 0.29) is 11.3 Å². The van der Waals surface area contributed by atoms with Gasteiger partial charge in [-0.3, -0.25) is 4.79 Å². The van der Waals surface area contributed by atoms with Crippen LogP contribution in [0.5, 0.6) is 0 Å². The monoisotopic (exact) mass is 249 g/mol. The Kier molecular flexibility index (Phi) is 3.36. The fraction of sp³-hybridized carbons (Fsp3) is 0.154. The van der Waals surface area contributed by atoms with Crippen LogP contribution in [-0.4, -0.2) is 5.78 Å². The quantitative estimate of drug-likeness (QED) is 0.849. The minimum Gasteiger partial charge on any atom is -0.317 e. The Morgan fingerprint density at radius 2 is 2.18 bits per heavy atom. The van der Waals surface area contributed by atoms with E-state index in [1.807, 2.05) is 18.4 Å². The van der Waals surface area contributed by atoms with Crippen LogP contribution < -0.4 is 5.73 Å². The van der Waals surface area contributed by atoms with Gasteiger partial charge in [0.1, 0.15) is 11.9 Å². The van der Waals surface area contributed by atoms with E-state index in [9.17, 15) is 9.18 Å². The molecule has 4 heteroatoms. The van der Waals surface area contributed by atoms with Gasteiger partial charge in [0.2, 0.25) is 0 Å². The second kappa shape index (κ2) is 4.77. The summed E-state index contributed by atoms with van der Waals surface area (Å²) in [5, 5.41) is 1.84. The van der Waals surface area contributed by atoms with Crippen LogP contribution in [-0.2, 0) is 0 Å². The van der Waals surface area contributed by atoms with Crippen molar-refractivity contribution in [3.05, 3.63) is 57.5 Å². The van der Waals surface area contributed by atoms with Gasteiger partial charge in [-0.05, 0) is 30.5 Å². The maximum atomic E-state index is 13.5. The highest BCUT2D eigenvalue weighted by Gasteiger charge is 2.21. The minimum absolute atomic E-state index is 0.0610. The van der Waals surface area contributed by atoms with Crippen LogP contribution >= 0.6 is 11.3 Å². The lowest BCUT2D eigenvalue weighted by Gasteiger charge is -2.09. The molecule has 2 N–H and O–H groups in total. The average molecular weight is 249 g/mol. The predicted octanol–water partition coefficient (Wildman–Crippen LogP) is 3.08. The normalized spacial score (nSPS) is 12.4. The van der Waals surface area contributed by atoms with Crippen LogP contribution in [0.15, 0.2) is 35.7 Å². The Morgan fingerprint density at radius 1 is 1.41 bits per heavy atom. The number of hydrogen-bond donors (Lipinski definition) is 1. The molecule has 0 spiro atoms. The van der Waals surface area contributed by atoms with Crippen LogP contribution in [0.2, 0.25) is 0 Å². The van der Waals surface area contributed by atoms with Crippen molar-refractivity contribution in [1.29, 1.82) is 0 Å². The van der Waals surface area contributed by atoms with Crippen molar-refractivity contribution in [1.82, 2.24) is 0 Å². The maximum Gasteiger partial charge on any atom is 0.187 e. The summed E-state index contributed by atoms with van der Waals surface area (Å²) in [5.41, 5.74) is 6.73. The molecule has 0 amide bonds. The van der Waals surface area contributed by atoms with Gasteiger partial charge >= 0.3 is 0 Å². The maximum absolute atomic E-state index is 13.5. The van der Waals surface area contributed by atoms with Crippen molar-refractivity contribution < 1.29 is 9.18 Å². The number of Topliss-reactive ketones (excluding diaryl/α,β-unsaturated/α-hetero) is 1. The van der Waals surface area contributed by atoms with E-state index in [1.165, 1.54) is 23.5 Å². The first-order chi connectivity index (χ1) is 8.09. The first-order valence-electron chi connectivity index (χ1n) is 5.19. The zero-order chi connectivity index (χ0) is 12.4. The molecular weight excluding hydrogens is 237 g/mol. The Balaban J connectivity index is 2.34. The molecular formula is C13H12FNOS. The van der Waals surface area contributed by atoms with E-state index in [0.29, 0.717) is 0 Å². The van der Waals surface area contributed by atoms with Crippen LogP contribution in [0.25, 0.3) is 0 Å². The molecule has 0 saturated heterocycles. The first kappa shape index (κ1) is 12.0. The molecule has 0 radical (unpaired) electrons. The molecule has 88 valence electrons. The number of carbonyl (C=O) groups excluding carboxylic acids is 1. The molecule has 1 atom stereocenters.